The number of carboxylic acid groups (broad SMARTS) is 1. The van der Waals surface area contributed by atoms with Crippen LogP contribution in [0.2, 0.25) is 0 Å². The van der Waals surface area contributed by atoms with E-state index in [1.54, 1.807) is 24.3 Å². The minimum Gasteiger partial charge on any atom is -0.492 e. The molecule has 5 heteroatoms. The second-order valence-electron chi connectivity index (χ2n) is 5.21. The Morgan fingerprint density at radius 2 is 1.81 bits per heavy atom. The third-order valence-electron chi connectivity index (χ3n) is 3.58. The molecule has 116 valence electrons. The lowest BCUT2D eigenvalue weighted by Gasteiger charge is -2.11. The summed E-state index contributed by atoms with van der Waals surface area (Å²) in [6.45, 7) is 2.88. The standard InChI is InChI=1S/C16H23NO4/c18-16(19)13-5-7-15(8-6-13)21-12-10-17-9-11-20-14-3-1-2-4-14/h5-8,14,17H,1-4,9-12H2,(H,18,19). The third-order valence-corrected chi connectivity index (χ3v) is 3.58. The Hall–Kier alpha value is -1.59. The number of benzene rings is 1. The summed E-state index contributed by atoms with van der Waals surface area (Å²) in [5, 5.41) is 12.1. The summed E-state index contributed by atoms with van der Waals surface area (Å²) in [6, 6.07) is 6.43. The van der Waals surface area contributed by atoms with Crippen LogP contribution in [0.25, 0.3) is 0 Å². The van der Waals surface area contributed by atoms with E-state index in [0.717, 1.165) is 19.7 Å². The Labute approximate surface area is 125 Å². The summed E-state index contributed by atoms with van der Waals surface area (Å²) in [6.07, 6.45) is 5.47. The minimum atomic E-state index is -0.925. The van der Waals surface area contributed by atoms with E-state index >= 15 is 0 Å². The first-order valence-corrected chi connectivity index (χ1v) is 7.54. The van der Waals surface area contributed by atoms with Crippen LogP contribution in [-0.4, -0.2) is 43.5 Å². The van der Waals surface area contributed by atoms with E-state index in [1.165, 1.54) is 25.7 Å². The molecule has 0 aromatic heterocycles. The van der Waals surface area contributed by atoms with E-state index in [-0.39, 0.29) is 5.56 Å². The van der Waals surface area contributed by atoms with Gasteiger partial charge in [-0.1, -0.05) is 12.8 Å². The van der Waals surface area contributed by atoms with E-state index < -0.39 is 5.97 Å². The first kappa shape index (κ1) is 15.8. The van der Waals surface area contributed by atoms with Crippen molar-refractivity contribution in [3.63, 3.8) is 0 Å². The van der Waals surface area contributed by atoms with Crippen LogP contribution in [0.1, 0.15) is 36.0 Å². The van der Waals surface area contributed by atoms with Crippen LogP contribution in [0.4, 0.5) is 0 Å². The molecule has 0 saturated heterocycles. The van der Waals surface area contributed by atoms with Crippen LogP contribution in [-0.2, 0) is 4.74 Å². The zero-order valence-electron chi connectivity index (χ0n) is 12.2. The maximum Gasteiger partial charge on any atom is 0.335 e. The Morgan fingerprint density at radius 1 is 1.14 bits per heavy atom. The van der Waals surface area contributed by atoms with Gasteiger partial charge in [-0.05, 0) is 37.1 Å². The molecule has 2 rings (SSSR count). The van der Waals surface area contributed by atoms with Gasteiger partial charge >= 0.3 is 5.97 Å². The zero-order valence-corrected chi connectivity index (χ0v) is 12.2. The van der Waals surface area contributed by atoms with Gasteiger partial charge in [0.15, 0.2) is 0 Å². The second kappa shape index (κ2) is 8.64. The molecule has 0 bridgehead atoms. The van der Waals surface area contributed by atoms with Crippen molar-refractivity contribution in [3.05, 3.63) is 29.8 Å². The number of rotatable bonds is 9. The zero-order chi connectivity index (χ0) is 14.9. The quantitative estimate of drug-likeness (QED) is 0.684. The average molecular weight is 293 g/mol. The normalized spacial score (nSPS) is 15.2. The highest BCUT2D eigenvalue weighted by Crippen LogP contribution is 2.20. The Bertz CT molecular complexity index is 426. The predicted molar refractivity (Wildman–Crippen MR) is 80.0 cm³/mol. The molecule has 1 aromatic rings. The van der Waals surface area contributed by atoms with E-state index in [2.05, 4.69) is 5.32 Å². The summed E-state index contributed by atoms with van der Waals surface area (Å²) in [5.74, 6) is -0.241. The lowest BCUT2D eigenvalue weighted by atomic mass is 10.2. The van der Waals surface area contributed by atoms with Crippen LogP contribution < -0.4 is 10.1 Å². The van der Waals surface area contributed by atoms with Crippen LogP contribution >= 0.6 is 0 Å². The fraction of sp³-hybridized carbons (Fsp3) is 0.562. The molecule has 0 spiro atoms. The molecule has 1 aliphatic rings. The molecule has 5 nitrogen and oxygen atoms in total. The van der Waals surface area contributed by atoms with Gasteiger partial charge in [0.05, 0.1) is 18.3 Å². The highest BCUT2D eigenvalue weighted by molar-refractivity contribution is 5.87. The summed E-state index contributed by atoms with van der Waals surface area (Å²) in [5.41, 5.74) is 0.268. The van der Waals surface area contributed by atoms with Gasteiger partial charge < -0.3 is 19.9 Å². The maximum absolute atomic E-state index is 10.7. The number of aromatic carboxylic acids is 1. The van der Waals surface area contributed by atoms with Crippen LogP contribution in [0.3, 0.4) is 0 Å². The van der Waals surface area contributed by atoms with Gasteiger partial charge in [-0.25, -0.2) is 4.79 Å². The number of nitrogens with one attached hydrogen (secondary N) is 1. The van der Waals surface area contributed by atoms with Crippen LogP contribution in [0.5, 0.6) is 5.75 Å². The molecule has 0 radical (unpaired) electrons. The van der Waals surface area contributed by atoms with Gasteiger partial charge in [-0.2, -0.15) is 0 Å². The summed E-state index contributed by atoms with van der Waals surface area (Å²) >= 11 is 0. The number of ether oxygens (including phenoxy) is 2. The molecular weight excluding hydrogens is 270 g/mol. The average Bonchev–Trinajstić information content (AvgIpc) is 3.00. The molecule has 1 aliphatic carbocycles. The van der Waals surface area contributed by atoms with Crippen molar-refractivity contribution in [3.8, 4) is 5.75 Å². The van der Waals surface area contributed by atoms with Crippen molar-refractivity contribution < 1.29 is 19.4 Å². The van der Waals surface area contributed by atoms with Crippen LogP contribution in [0, 0.1) is 0 Å². The number of hydrogen-bond donors (Lipinski definition) is 2. The van der Waals surface area contributed by atoms with Gasteiger partial charge in [-0.3, -0.25) is 0 Å². The molecule has 0 aliphatic heterocycles. The maximum atomic E-state index is 10.7. The predicted octanol–water partition coefficient (Wildman–Crippen LogP) is 2.31. The molecule has 1 fully saturated rings. The van der Waals surface area contributed by atoms with Gasteiger partial charge in [0.25, 0.3) is 0 Å². The van der Waals surface area contributed by atoms with E-state index in [4.69, 9.17) is 14.6 Å². The molecule has 0 heterocycles. The Kier molecular flexibility index (Phi) is 6.50. The lowest BCUT2D eigenvalue weighted by molar-refractivity contribution is 0.0601. The Morgan fingerprint density at radius 3 is 2.48 bits per heavy atom. The molecular formula is C16H23NO4. The molecule has 0 unspecified atom stereocenters. The fourth-order valence-corrected chi connectivity index (χ4v) is 2.41. The smallest absolute Gasteiger partial charge is 0.335 e. The number of hydrogen-bond acceptors (Lipinski definition) is 4. The lowest BCUT2D eigenvalue weighted by Crippen LogP contribution is -2.26. The molecule has 1 aromatic carbocycles. The van der Waals surface area contributed by atoms with Crippen LogP contribution in [0.15, 0.2) is 24.3 Å². The van der Waals surface area contributed by atoms with Gasteiger partial charge in [0.2, 0.25) is 0 Å². The van der Waals surface area contributed by atoms with E-state index in [1.807, 2.05) is 0 Å². The van der Waals surface area contributed by atoms with Crippen molar-refractivity contribution in [2.45, 2.75) is 31.8 Å². The molecule has 0 atom stereocenters. The summed E-state index contributed by atoms with van der Waals surface area (Å²) < 4.78 is 11.3. The SMILES string of the molecule is O=C(O)c1ccc(OCCNCCOC2CCCC2)cc1. The van der Waals surface area contributed by atoms with Gasteiger partial charge in [0.1, 0.15) is 12.4 Å². The van der Waals surface area contributed by atoms with Crippen molar-refractivity contribution in [2.24, 2.45) is 0 Å². The third kappa shape index (κ3) is 5.73. The van der Waals surface area contributed by atoms with Gasteiger partial charge in [0, 0.05) is 13.1 Å². The Balaban J connectivity index is 1.50. The second-order valence-corrected chi connectivity index (χ2v) is 5.21. The highest BCUT2D eigenvalue weighted by atomic mass is 16.5. The first-order valence-electron chi connectivity index (χ1n) is 7.54. The van der Waals surface area contributed by atoms with E-state index in [9.17, 15) is 4.79 Å². The molecule has 0 amide bonds. The monoisotopic (exact) mass is 293 g/mol. The van der Waals surface area contributed by atoms with Crippen molar-refractivity contribution in [2.75, 3.05) is 26.3 Å². The summed E-state index contributed by atoms with van der Waals surface area (Å²) in [4.78, 5) is 10.7. The van der Waals surface area contributed by atoms with Crippen molar-refractivity contribution >= 4 is 5.97 Å². The topological polar surface area (TPSA) is 67.8 Å². The molecule has 21 heavy (non-hydrogen) atoms. The van der Waals surface area contributed by atoms with Crippen molar-refractivity contribution in [1.29, 1.82) is 0 Å². The van der Waals surface area contributed by atoms with Gasteiger partial charge in [-0.15, -0.1) is 0 Å². The molecule has 2 N–H and O–H groups in total. The highest BCUT2D eigenvalue weighted by Gasteiger charge is 2.14. The van der Waals surface area contributed by atoms with Crippen molar-refractivity contribution in [1.82, 2.24) is 5.32 Å². The summed E-state index contributed by atoms with van der Waals surface area (Å²) in [7, 11) is 0. The number of carboxylic acids is 1. The molecule has 1 saturated carbocycles. The number of carbonyl (C=O) groups is 1. The minimum absolute atomic E-state index is 0.268. The fourth-order valence-electron chi connectivity index (χ4n) is 2.41. The first-order chi connectivity index (χ1) is 10.3. The largest absolute Gasteiger partial charge is 0.492 e. The van der Waals surface area contributed by atoms with E-state index in [0.29, 0.717) is 18.5 Å².